The standard InChI is InChI=1S/C17H19F2N5O/c1-23-5-4-20-17(23)9-24-7-12(19)15(8-24)25-10-16-21-13-3-2-11(18)6-14(13)22-16/h2-6,12,15H,7-10H2,1H3,(H,21,22)/t12-,15+/m1/s1. The summed E-state index contributed by atoms with van der Waals surface area (Å²) in [5.41, 5.74) is 1.28. The molecule has 0 unspecified atom stereocenters. The van der Waals surface area contributed by atoms with Crippen LogP contribution in [0.4, 0.5) is 8.78 Å². The molecule has 1 N–H and O–H groups in total. The summed E-state index contributed by atoms with van der Waals surface area (Å²) >= 11 is 0. The lowest BCUT2D eigenvalue weighted by molar-refractivity contribution is 0.00857. The number of imidazole rings is 2. The quantitative estimate of drug-likeness (QED) is 0.769. The van der Waals surface area contributed by atoms with E-state index >= 15 is 0 Å². The molecule has 6 nitrogen and oxygen atoms in total. The molecule has 0 spiro atoms. The molecule has 132 valence electrons. The number of likely N-dealkylation sites (tertiary alicyclic amines) is 1. The van der Waals surface area contributed by atoms with Crippen molar-refractivity contribution in [2.24, 2.45) is 7.05 Å². The average molecular weight is 347 g/mol. The van der Waals surface area contributed by atoms with Crippen LogP contribution in [0.1, 0.15) is 11.6 Å². The molecule has 0 bridgehead atoms. The van der Waals surface area contributed by atoms with Gasteiger partial charge in [-0.3, -0.25) is 4.90 Å². The highest BCUT2D eigenvalue weighted by Crippen LogP contribution is 2.20. The van der Waals surface area contributed by atoms with Gasteiger partial charge in [-0.25, -0.2) is 18.7 Å². The number of halogens is 2. The number of benzene rings is 1. The van der Waals surface area contributed by atoms with Gasteiger partial charge in [-0.2, -0.15) is 0 Å². The summed E-state index contributed by atoms with van der Waals surface area (Å²) in [6.45, 7) is 1.58. The Kier molecular flexibility index (Phi) is 4.22. The molecule has 3 aromatic rings. The number of H-pyrrole nitrogens is 1. The predicted molar refractivity (Wildman–Crippen MR) is 88.0 cm³/mol. The molecule has 0 amide bonds. The van der Waals surface area contributed by atoms with Crippen molar-refractivity contribution in [2.75, 3.05) is 13.1 Å². The number of hydrogen-bond acceptors (Lipinski definition) is 4. The lowest BCUT2D eigenvalue weighted by Crippen LogP contribution is -2.25. The van der Waals surface area contributed by atoms with Gasteiger partial charge in [0.05, 0.1) is 17.6 Å². The van der Waals surface area contributed by atoms with E-state index in [2.05, 4.69) is 15.0 Å². The van der Waals surface area contributed by atoms with E-state index in [0.29, 0.717) is 36.5 Å². The molecule has 1 aromatic carbocycles. The van der Waals surface area contributed by atoms with Gasteiger partial charge in [-0.05, 0) is 18.2 Å². The minimum absolute atomic E-state index is 0.164. The van der Waals surface area contributed by atoms with E-state index in [4.69, 9.17) is 4.74 Å². The zero-order valence-corrected chi connectivity index (χ0v) is 13.8. The number of fused-ring (bicyclic) bond motifs is 1. The third kappa shape index (κ3) is 3.40. The molecule has 1 fully saturated rings. The Morgan fingerprint density at radius 3 is 3.04 bits per heavy atom. The van der Waals surface area contributed by atoms with Crippen molar-refractivity contribution in [2.45, 2.75) is 25.4 Å². The lowest BCUT2D eigenvalue weighted by atomic mass is 10.3. The van der Waals surface area contributed by atoms with Crippen LogP contribution in [0.2, 0.25) is 0 Å². The molecular formula is C17H19F2N5O. The first-order valence-corrected chi connectivity index (χ1v) is 8.17. The SMILES string of the molecule is Cn1ccnc1CN1C[C@@H](F)[C@@H](OCc2nc3ccc(F)cc3[nH]2)C1. The first-order chi connectivity index (χ1) is 12.1. The van der Waals surface area contributed by atoms with Crippen molar-refractivity contribution in [3.63, 3.8) is 0 Å². The number of nitrogens with one attached hydrogen (secondary N) is 1. The Bertz CT molecular complexity index is 877. The highest BCUT2D eigenvalue weighted by atomic mass is 19.1. The first-order valence-electron chi connectivity index (χ1n) is 8.17. The van der Waals surface area contributed by atoms with E-state index in [-0.39, 0.29) is 12.4 Å². The third-order valence-corrected chi connectivity index (χ3v) is 4.49. The van der Waals surface area contributed by atoms with Crippen LogP contribution in [0.5, 0.6) is 0 Å². The number of aryl methyl sites for hydroxylation is 1. The number of ether oxygens (including phenoxy) is 1. The fourth-order valence-electron chi connectivity index (χ4n) is 3.13. The van der Waals surface area contributed by atoms with Crippen LogP contribution in [0.15, 0.2) is 30.6 Å². The van der Waals surface area contributed by atoms with Crippen molar-refractivity contribution in [3.05, 3.63) is 48.1 Å². The maximum absolute atomic E-state index is 14.3. The molecule has 1 aliphatic rings. The number of alkyl halides is 1. The highest BCUT2D eigenvalue weighted by molar-refractivity contribution is 5.74. The first kappa shape index (κ1) is 16.2. The molecule has 1 aliphatic heterocycles. The summed E-state index contributed by atoms with van der Waals surface area (Å²) < 4.78 is 35.1. The minimum atomic E-state index is -1.05. The van der Waals surface area contributed by atoms with Gasteiger partial charge >= 0.3 is 0 Å². The Hall–Kier alpha value is -2.32. The number of hydrogen-bond donors (Lipinski definition) is 1. The summed E-state index contributed by atoms with van der Waals surface area (Å²) in [6.07, 6.45) is 2.04. The second kappa shape index (κ2) is 6.53. The van der Waals surface area contributed by atoms with Crippen LogP contribution in [-0.2, 0) is 24.9 Å². The van der Waals surface area contributed by atoms with Crippen molar-refractivity contribution in [1.29, 1.82) is 0 Å². The minimum Gasteiger partial charge on any atom is -0.366 e. The average Bonchev–Trinajstić information content (AvgIpc) is 3.25. The Morgan fingerprint density at radius 2 is 2.24 bits per heavy atom. The van der Waals surface area contributed by atoms with Crippen molar-refractivity contribution in [3.8, 4) is 0 Å². The maximum Gasteiger partial charge on any atom is 0.140 e. The molecular weight excluding hydrogens is 328 g/mol. The second-order valence-electron chi connectivity index (χ2n) is 6.36. The van der Waals surface area contributed by atoms with Crippen molar-refractivity contribution >= 4 is 11.0 Å². The van der Waals surface area contributed by atoms with Gasteiger partial charge in [-0.15, -0.1) is 0 Å². The predicted octanol–water partition coefficient (Wildman–Crippen LogP) is 2.17. The van der Waals surface area contributed by atoms with Gasteiger partial charge in [0, 0.05) is 32.5 Å². The largest absolute Gasteiger partial charge is 0.366 e. The second-order valence-corrected chi connectivity index (χ2v) is 6.36. The monoisotopic (exact) mass is 347 g/mol. The molecule has 2 aromatic heterocycles. The molecule has 1 saturated heterocycles. The van der Waals surface area contributed by atoms with Gasteiger partial charge in [0.1, 0.15) is 36.3 Å². The van der Waals surface area contributed by atoms with Crippen LogP contribution in [0.25, 0.3) is 11.0 Å². The molecule has 25 heavy (non-hydrogen) atoms. The third-order valence-electron chi connectivity index (χ3n) is 4.49. The fourth-order valence-corrected chi connectivity index (χ4v) is 3.13. The molecule has 0 aliphatic carbocycles. The van der Waals surface area contributed by atoms with E-state index < -0.39 is 12.3 Å². The fraction of sp³-hybridized carbons (Fsp3) is 0.412. The number of nitrogens with zero attached hydrogens (tertiary/aromatic N) is 4. The van der Waals surface area contributed by atoms with Gasteiger partial charge in [0.2, 0.25) is 0 Å². The summed E-state index contributed by atoms with van der Waals surface area (Å²) in [7, 11) is 1.92. The normalized spacial score (nSPS) is 21.4. The highest BCUT2D eigenvalue weighted by Gasteiger charge is 2.34. The number of rotatable bonds is 5. The van der Waals surface area contributed by atoms with Crippen LogP contribution >= 0.6 is 0 Å². The Labute approximate surface area is 143 Å². The van der Waals surface area contributed by atoms with Crippen molar-refractivity contribution < 1.29 is 13.5 Å². The van der Waals surface area contributed by atoms with Gasteiger partial charge in [0.15, 0.2) is 0 Å². The Morgan fingerprint density at radius 1 is 1.36 bits per heavy atom. The van der Waals surface area contributed by atoms with Crippen molar-refractivity contribution in [1.82, 2.24) is 24.4 Å². The van der Waals surface area contributed by atoms with E-state index in [9.17, 15) is 8.78 Å². The van der Waals surface area contributed by atoms with Crippen LogP contribution in [0, 0.1) is 5.82 Å². The molecule has 2 atom stereocenters. The summed E-state index contributed by atoms with van der Waals surface area (Å²) in [5.74, 6) is 1.13. The molecule has 0 saturated carbocycles. The Balaban J connectivity index is 1.36. The van der Waals surface area contributed by atoms with E-state index in [1.165, 1.54) is 12.1 Å². The maximum atomic E-state index is 14.3. The number of aromatic nitrogens is 4. The van der Waals surface area contributed by atoms with Crippen LogP contribution in [-0.4, -0.2) is 49.8 Å². The van der Waals surface area contributed by atoms with Crippen LogP contribution in [0.3, 0.4) is 0 Å². The number of aromatic amines is 1. The van der Waals surface area contributed by atoms with Gasteiger partial charge < -0.3 is 14.3 Å². The van der Waals surface area contributed by atoms with E-state index in [0.717, 1.165) is 5.82 Å². The van der Waals surface area contributed by atoms with Gasteiger partial charge in [0.25, 0.3) is 0 Å². The van der Waals surface area contributed by atoms with E-state index in [1.807, 2.05) is 22.7 Å². The lowest BCUT2D eigenvalue weighted by Gasteiger charge is -2.15. The zero-order chi connectivity index (χ0) is 17.4. The van der Waals surface area contributed by atoms with Crippen LogP contribution < -0.4 is 0 Å². The van der Waals surface area contributed by atoms with E-state index in [1.54, 1.807) is 12.3 Å². The molecule has 0 radical (unpaired) electrons. The zero-order valence-electron chi connectivity index (χ0n) is 13.8. The molecule has 3 heterocycles. The summed E-state index contributed by atoms with van der Waals surface area (Å²) in [4.78, 5) is 13.6. The topological polar surface area (TPSA) is 59.0 Å². The summed E-state index contributed by atoms with van der Waals surface area (Å²) in [6, 6.07) is 4.35. The molecule has 8 heteroatoms. The van der Waals surface area contributed by atoms with Gasteiger partial charge in [-0.1, -0.05) is 0 Å². The smallest absolute Gasteiger partial charge is 0.140 e. The summed E-state index contributed by atoms with van der Waals surface area (Å²) in [5, 5.41) is 0. The molecule has 4 rings (SSSR count).